The van der Waals surface area contributed by atoms with Crippen molar-refractivity contribution in [3.63, 3.8) is 0 Å². The predicted molar refractivity (Wildman–Crippen MR) is 109 cm³/mol. The van der Waals surface area contributed by atoms with Crippen LogP contribution in [0.5, 0.6) is 0 Å². The van der Waals surface area contributed by atoms with Crippen LogP contribution >= 0.6 is 0 Å². The van der Waals surface area contributed by atoms with E-state index in [-0.39, 0.29) is 11.5 Å². The Labute approximate surface area is 156 Å². The number of nitrogens with zero attached hydrogens (tertiary/aromatic N) is 1. The number of hydrogen-bond donors (Lipinski definition) is 0. The van der Waals surface area contributed by atoms with E-state index in [1.165, 1.54) is 0 Å². The summed E-state index contributed by atoms with van der Waals surface area (Å²) in [6.45, 7) is -0.00197. The third-order valence-corrected chi connectivity index (χ3v) is 3.04. The zero-order valence-electron chi connectivity index (χ0n) is 15.2. The molecule has 0 aliphatic heterocycles. The quantitative estimate of drug-likeness (QED) is 0.126. The molecule has 0 unspecified atom stereocenters. The fourth-order valence-electron chi connectivity index (χ4n) is 1.75. The van der Waals surface area contributed by atoms with E-state index in [4.69, 9.17) is 0 Å². The first-order chi connectivity index (χ1) is 12.8. The third kappa shape index (κ3) is 21.2. The van der Waals surface area contributed by atoms with Crippen LogP contribution in [0.1, 0.15) is 38.5 Å². The molecule has 0 spiro atoms. The van der Waals surface area contributed by atoms with Gasteiger partial charge < -0.3 is 0 Å². The smallest absolute Gasteiger partial charge is 0.207 e. The second kappa shape index (κ2) is 20.3. The highest BCUT2D eigenvalue weighted by molar-refractivity contribution is 5.50. The van der Waals surface area contributed by atoms with Crippen molar-refractivity contribution in [1.29, 1.82) is 0 Å². The van der Waals surface area contributed by atoms with Crippen LogP contribution in [0.25, 0.3) is 0 Å². The molecule has 0 aliphatic carbocycles. The number of carbonyl (C=O) groups excluding carboxylic acids is 1. The first kappa shape index (κ1) is 23.2. The molecular formula is C22H28NO3. The van der Waals surface area contributed by atoms with E-state index in [0.717, 1.165) is 25.7 Å². The molecular weight excluding hydrogens is 326 g/mol. The Hall–Kier alpha value is -2.75. The van der Waals surface area contributed by atoms with Gasteiger partial charge in [0.2, 0.25) is 6.54 Å². The molecule has 0 aliphatic rings. The topological polar surface area (TPSA) is 60.2 Å². The Kier molecular flexibility index (Phi) is 18.1. The van der Waals surface area contributed by atoms with Crippen molar-refractivity contribution in [2.75, 3.05) is 6.54 Å². The largest absolute Gasteiger partial charge is 0.291 e. The van der Waals surface area contributed by atoms with E-state index in [1.54, 1.807) is 0 Å². The molecule has 4 nitrogen and oxygen atoms in total. The Morgan fingerprint density at radius 1 is 0.654 bits per heavy atom. The summed E-state index contributed by atoms with van der Waals surface area (Å²) in [5.74, 6) is 0. The lowest BCUT2D eigenvalue weighted by Crippen LogP contribution is -1.97. The minimum Gasteiger partial charge on any atom is -0.291 e. The van der Waals surface area contributed by atoms with Crippen molar-refractivity contribution in [3.05, 3.63) is 95.2 Å². The van der Waals surface area contributed by atoms with Crippen molar-refractivity contribution >= 4 is 6.29 Å². The summed E-state index contributed by atoms with van der Waals surface area (Å²) in [7, 11) is 0. The van der Waals surface area contributed by atoms with Gasteiger partial charge in [-0.25, -0.2) is 0 Å². The molecule has 26 heavy (non-hydrogen) atoms. The van der Waals surface area contributed by atoms with Crippen molar-refractivity contribution < 1.29 is 9.72 Å². The number of allylic oxidation sites excluding steroid dienone is 13. The summed E-state index contributed by atoms with van der Waals surface area (Å²) < 4.78 is 0. The van der Waals surface area contributed by atoms with Crippen LogP contribution < -0.4 is 0 Å². The van der Waals surface area contributed by atoms with Crippen molar-refractivity contribution in [3.8, 4) is 0 Å². The van der Waals surface area contributed by atoms with E-state index >= 15 is 0 Å². The lowest BCUT2D eigenvalue weighted by atomic mass is 10.2. The molecule has 1 radical (unpaired) electrons. The fourth-order valence-corrected chi connectivity index (χ4v) is 1.75. The SMILES string of the molecule is O=[C]CCC=CCC=CC=CC=CC=CCC=CCC=CCC[N+](=O)[O-]. The minimum absolute atomic E-state index is 0.00197. The lowest BCUT2D eigenvalue weighted by molar-refractivity contribution is -0.478. The van der Waals surface area contributed by atoms with Gasteiger partial charge >= 0.3 is 0 Å². The normalized spacial score (nSPS) is 13.1. The summed E-state index contributed by atoms with van der Waals surface area (Å²) in [5.41, 5.74) is 0. The van der Waals surface area contributed by atoms with Crippen molar-refractivity contribution in [1.82, 2.24) is 0 Å². The first-order valence-corrected chi connectivity index (χ1v) is 8.84. The molecule has 0 atom stereocenters. The van der Waals surface area contributed by atoms with E-state index in [2.05, 4.69) is 18.2 Å². The maximum Gasteiger partial charge on any atom is 0.207 e. The molecule has 0 saturated carbocycles. The highest BCUT2D eigenvalue weighted by Gasteiger charge is 1.89. The van der Waals surface area contributed by atoms with Crippen LogP contribution in [0.3, 0.4) is 0 Å². The van der Waals surface area contributed by atoms with E-state index in [1.807, 2.05) is 73.1 Å². The van der Waals surface area contributed by atoms with Crippen LogP contribution in [-0.2, 0) is 4.79 Å². The Morgan fingerprint density at radius 2 is 1.12 bits per heavy atom. The molecule has 0 fully saturated rings. The van der Waals surface area contributed by atoms with Crippen LogP contribution in [0, 0.1) is 10.1 Å². The van der Waals surface area contributed by atoms with Gasteiger partial charge in [-0.3, -0.25) is 14.9 Å². The number of nitro groups is 1. The van der Waals surface area contributed by atoms with Gasteiger partial charge in [0, 0.05) is 17.8 Å². The molecule has 0 aromatic heterocycles. The molecule has 0 saturated heterocycles. The summed E-state index contributed by atoms with van der Waals surface area (Å²) in [5, 5.41) is 10.1. The molecule has 0 aromatic rings. The Bertz CT molecular complexity index is 564. The molecule has 0 bridgehead atoms. The standard InChI is InChI=1S/C22H28NO3/c24-22-20-18-16-14-12-10-8-6-4-2-1-3-5-7-9-11-13-15-17-19-21-23(25)26/h1-6,8-11,14-17H,7,12-13,18-21H2. The van der Waals surface area contributed by atoms with Crippen LogP contribution in [0.15, 0.2) is 85.1 Å². The van der Waals surface area contributed by atoms with Crippen LogP contribution in [0.4, 0.5) is 0 Å². The predicted octanol–water partition coefficient (Wildman–Crippen LogP) is 5.61. The molecule has 4 heteroatoms. The first-order valence-electron chi connectivity index (χ1n) is 8.84. The van der Waals surface area contributed by atoms with Crippen molar-refractivity contribution in [2.24, 2.45) is 0 Å². The van der Waals surface area contributed by atoms with Crippen LogP contribution in [0.2, 0.25) is 0 Å². The fraction of sp³-hybridized carbons (Fsp3) is 0.318. The number of unbranched alkanes of at least 4 members (excludes halogenated alkanes) is 1. The maximum atomic E-state index is 10.1. The van der Waals surface area contributed by atoms with Crippen LogP contribution in [-0.4, -0.2) is 17.8 Å². The maximum absolute atomic E-state index is 10.1. The van der Waals surface area contributed by atoms with Crippen molar-refractivity contribution in [2.45, 2.75) is 38.5 Å². The van der Waals surface area contributed by atoms with Gasteiger partial charge in [-0.2, -0.15) is 0 Å². The second-order valence-electron chi connectivity index (χ2n) is 5.28. The minimum atomic E-state index is -0.305. The molecule has 0 aromatic carbocycles. The average Bonchev–Trinajstić information content (AvgIpc) is 2.62. The van der Waals surface area contributed by atoms with Gasteiger partial charge in [0.25, 0.3) is 0 Å². The summed E-state index contributed by atoms with van der Waals surface area (Å²) in [6.07, 6.45) is 34.1. The second-order valence-corrected chi connectivity index (χ2v) is 5.28. The van der Waals surface area contributed by atoms with E-state index in [0.29, 0.717) is 12.8 Å². The van der Waals surface area contributed by atoms with Gasteiger partial charge in [-0.15, -0.1) is 0 Å². The molecule has 0 heterocycles. The van der Waals surface area contributed by atoms with Gasteiger partial charge in [-0.1, -0.05) is 85.1 Å². The number of rotatable bonds is 15. The van der Waals surface area contributed by atoms with Gasteiger partial charge in [-0.05, 0) is 25.7 Å². The van der Waals surface area contributed by atoms with Gasteiger partial charge in [0.1, 0.15) is 0 Å². The van der Waals surface area contributed by atoms with E-state index < -0.39 is 0 Å². The summed E-state index contributed by atoms with van der Waals surface area (Å²) in [4.78, 5) is 19.8. The van der Waals surface area contributed by atoms with E-state index in [9.17, 15) is 14.9 Å². The number of hydrogen-bond acceptors (Lipinski definition) is 3. The molecule has 139 valence electrons. The molecule has 0 N–H and O–H groups in total. The Morgan fingerprint density at radius 3 is 1.65 bits per heavy atom. The summed E-state index contributed by atoms with van der Waals surface area (Å²) >= 11 is 0. The highest BCUT2D eigenvalue weighted by atomic mass is 16.6. The molecule has 0 rings (SSSR count). The van der Waals surface area contributed by atoms with Gasteiger partial charge in [0.15, 0.2) is 6.29 Å². The zero-order chi connectivity index (χ0) is 19.1. The zero-order valence-corrected chi connectivity index (χ0v) is 15.2. The third-order valence-electron chi connectivity index (χ3n) is 3.04. The Balaban J connectivity index is 3.65. The monoisotopic (exact) mass is 354 g/mol. The molecule has 0 amide bonds. The van der Waals surface area contributed by atoms with Gasteiger partial charge in [0.05, 0.1) is 0 Å². The summed E-state index contributed by atoms with van der Waals surface area (Å²) in [6, 6.07) is 0. The highest BCUT2D eigenvalue weighted by Crippen LogP contribution is 1.94. The lowest BCUT2D eigenvalue weighted by Gasteiger charge is -1.86. The average molecular weight is 354 g/mol.